The van der Waals surface area contributed by atoms with Crippen LogP contribution >= 0.6 is 0 Å². The van der Waals surface area contributed by atoms with E-state index in [0.29, 0.717) is 13.2 Å². The van der Waals surface area contributed by atoms with E-state index in [1.165, 1.54) is 10.8 Å². The van der Waals surface area contributed by atoms with Crippen molar-refractivity contribution in [3.63, 3.8) is 0 Å². The van der Waals surface area contributed by atoms with Crippen molar-refractivity contribution in [2.45, 2.75) is 20.8 Å². The second-order valence-electron chi connectivity index (χ2n) is 5.21. The van der Waals surface area contributed by atoms with E-state index in [9.17, 15) is 4.79 Å². The molecule has 0 aliphatic carbocycles. The summed E-state index contributed by atoms with van der Waals surface area (Å²) in [7, 11) is 1.78. The molecular weight excluding hydrogens is 278 g/mol. The van der Waals surface area contributed by atoms with Gasteiger partial charge >= 0.3 is 6.03 Å². The minimum atomic E-state index is -0.125. The Kier molecular flexibility index (Phi) is 5.44. The molecule has 1 fully saturated rings. The van der Waals surface area contributed by atoms with Crippen LogP contribution in [0.2, 0.25) is 0 Å². The fourth-order valence-electron chi connectivity index (χ4n) is 2.51. The molecule has 1 saturated heterocycles. The molecule has 2 amide bonds. The highest BCUT2D eigenvalue weighted by Gasteiger charge is 2.26. The van der Waals surface area contributed by atoms with Gasteiger partial charge in [0, 0.05) is 32.4 Å². The number of rotatable bonds is 5. The maximum Gasteiger partial charge on any atom is 0.347 e. The van der Waals surface area contributed by atoms with Crippen molar-refractivity contribution < 1.29 is 9.63 Å². The molecule has 0 N–H and O–H groups in total. The van der Waals surface area contributed by atoms with E-state index in [1.54, 1.807) is 11.9 Å². The Balaban J connectivity index is 2.14. The topological polar surface area (TPSA) is 36.0 Å². The summed E-state index contributed by atoms with van der Waals surface area (Å²) in [5.41, 5.74) is 3.15. The highest BCUT2D eigenvalue weighted by atomic mass is 16.7. The van der Waals surface area contributed by atoms with E-state index in [0.717, 1.165) is 24.4 Å². The molecule has 0 radical (unpaired) electrons. The molecular formula is C17H25N3O2. The molecule has 1 aromatic rings. The van der Waals surface area contributed by atoms with Crippen LogP contribution < -0.4 is 4.90 Å². The number of hydrogen-bond donors (Lipinski definition) is 0. The van der Waals surface area contributed by atoms with Crippen molar-refractivity contribution in [3.8, 4) is 0 Å². The van der Waals surface area contributed by atoms with Gasteiger partial charge in [0.1, 0.15) is 6.61 Å². The molecule has 22 heavy (non-hydrogen) atoms. The highest BCUT2D eigenvalue weighted by Crippen LogP contribution is 2.20. The minimum Gasteiger partial charge on any atom is -0.372 e. The lowest BCUT2D eigenvalue weighted by atomic mass is 10.1. The normalized spacial score (nSPS) is 17.3. The lowest BCUT2D eigenvalue weighted by Gasteiger charge is -2.33. The number of likely N-dealkylation sites (N-methyl/N-ethyl adjacent to an activating group) is 1. The minimum absolute atomic E-state index is 0.125. The summed E-state index contributed by atoms with van der Waals surface area (Å²) < 4.78 is 0. The van der Waals surface area contributed by atoms with E-state index in [4.69, 9.17) is 4.84 Å². The second kappa shape index (κ2) is 7.31. The Labute approximate surface area is 132 Å². The van der Waals surface area contributed by atoms with Crippen LogP contribution in [0.4, 0.5) is 10.5 Å². The van der Waals surface area contributed by atoms with Crippen LogP contribution in [0.25, 0.3) is 6.08 Å². The zero-order chi connectivity index (χ0) is 16.1. The van der Waals surface area contributed by atoms with Gasteiger partial charge in [-0.15, -0.1) is 0 Å². The van der Waals surface area contributed by atoms with Gasteiger partial charge in [-0.05, 0) is 44.5 Å². The van der Waals surface area contributed by atoms with Crippen LogP contribution in [0.15, 0.2) is 30.0 Å². The van der Waals surface area contributed by atoms with Gasteiger partial charge in [0.05, 0.1) is 5.70 Å². The standard InChI is InChI=1S/C17H25N3O2/c1-5-19(6-2)15-10-8-14(9-11-15)12-16-13-22-20(7-3)17(21)18(16)4/h8-12H,5-7,13H2,1-4H3/b16-12+. The Morgan fingerprint density at radius 2 is 1.82 bits per heavy atom. The molecule has 0 atom stereocenters. The monoisotopic (exact) mass is 303 g/mol. The van der Waals surface area contributed by atoms with Crippen LogP contribution in [-0.2, 0) is 4.84 Å². The van der Waals surface area contributed by atoms with Crippen LogP contribution in [0, 0.1) is 0 Å². The maximum atomic E-state index is 12.1. The molecule has 0 spiro atoms. The third kappa shape index (κ3) is 3.42. The molecule has 1 aliphatic rings. The molecule has 1 aliphatic heterocycles. The van der Waals surface area contributed by atoms with Gasteiger partial charge in [0.15, 0.2) is 0 Å². The van der Waals surface area contributed by atoms with E-state index in [-0.39, 0.29) is 6.03 Å². The first-order valence-electron chi connectivity index (χ1n) is 7.84. The Morgan fingerprint density at radius 3 is 2.36 bits per heavy atom. The second-order valence-corrected chi connectivity index (χ2v) is 5.21. The highest BCUT2D eigenvalue weighted by molar-refractivity contribution is 5.77. The van der Waals surface area contributed by atoms with Crippen molar-refractivity contribution in [1.29, 1.82) is 0 Å². The first kappa shape index (κ1) is 16.4. The van der Waals surface area contributed by atoms with Gasteiger partial charge in [-0.3, -0.25) is 9.74 Å². The first-order valence-corrected chi connectivity index (χ1v) is 7.84. The first-order chi connectivity index (χ1) is 10.6. The molecule has 0 aromatic heterocycles. The SMILES string of the molecule is CCN1OC/C(=C\c2ccc(N(CC)CC)cc2)N(C)C1=O. The summed E-state index contributed by atoms with van der Waals surface area (Å²) in [6.07, 6.45) is 2.00. The third-order valence-electron chi connectivity index (χ3n) is 3.94. The largest absolute Gasteiger partial charge is 0.372 e. The van der Waals surface area contributed by atoms with Gasteiger partial charge in [-0.25, -0.2) is 9.86 Å². The third-order valence-corrected chi connectivity index (χ3v) is 3.94. The Bertz CT molecular complexity index is 535. The van der Waals surface area contributed by atoms with Crippen LogP contribution in [0.5, 0.6) is 0 Å². The Hall–Kier alpha value is -2.01. The summed E-state index contributed by atoms with van der Waals surface area (Å²) in [5.74, 6) is 0. The smallest absolute Gasteiger partial charge is 0.347 e. The molecule has 0 bridgehead atoms. The number of amides is 2. The molecule has 0 unspecified atom stereocenters. The molecule has 1 heterocycles. The fraction of sp³-hybridized carbons (Fsp3) is 0.471. The number of urea groups is 1. The number of hydrogen-bond acceptors (Lipinski definition) is 3. The predicted molar refractivity (Wildman–Crippen MR) is 89.5 cm³/mol. The van der Waals surface area contributed by atoms with Gasteiger partial charge in [-0.2, -0.15) is 0 Å². The maximum absolute atomic E-state index is 12.1. The summed E-state index contributed by atoms with van der Waals surface area (Å²) >= 11 is 0. The van der Waals surface area contributed by atoms with E-state index in [2.05, 4.69) is 43.0 Å². The summed E-state index contributed by atoms with van der Waals surface area (Å²) in [6, 6.07) is 8.25. The molecule has 2 rings (SSSR count). The van der Waals surface area contributed by atoms with Crippen LogP contribution in [0.1, 0.15) is 26.3 Å². The average Bonchev–Trinajstić information content (AvgIpc) is 2.55. The van der Waals surface area contributed by atoms with Crippen molar-refractivity contribution >= 4 is 17.8 Å². The molecule has 1 aromatic carbocycles. The predicted octanol–water partition coefficient (Wildman–Crippen LogP) is 3.19. The molecule has 0 saturated carbocycles. The number of hydroxylamine groups is 2. The molecule has 5 heteroatoms. The summed E-state index contributed by atoms with van der Waals surface area (Å²) in [4.78, 5) is 21.5. The number of nitrogens with zero attached hydrogens (tertiary/aromatic N) is 3. The summed E-state index contributed by atoms with van der Waals surface area (Å²) in [6.45, 7) is 9.15. The van der Waals surface area contributed by atoms with Crippen molar-refractivity contribution in [2.75, 3.05) is 38.2 Å². The molecule has 120 valence electrons. The van der Waals surface area contributed by atoms with Crippen molar-refractivity contribution in [1.82, 2.24) is 9.96 Å². The van der Waals surface area contributed by atoms with Crippen molar-refractivity contribution in [2.24, 2.45) is 0 Å². The van der Waals surface area contributed by atoms with Gasteiger partial charge in [-0.1, -0.05) is 12.1 Å². The number of benzene rings is 1. The van der Waals surface area contributed by atoms with Gasteiger partial charge in [0.2, 0.25) is 0 Å². The van der Waals surface area contributed by atoms with E-state index >= 15 is 0 Å². The lowest BCUT2D eigenvalue weighted by molar-refractivity contribution is -0.131. The van der Waals surface area contributed by atoms with Crippen LogP contribution in [-0.4, -0.2) is 49.3 Å². The van der Waals surface area contributed by atoms with Crippen LogP contribution in [0.3, 0.4) is 0 Å². The van der Waals surface area contributed by atoms with Gasteiger partial charge < -0.3 is 4.90 Å². The fourth-order valence-corrected chi connectivity index (χ4v) is 2.51. The lowest BCUT2D eigenvalue weighted by Crippen LogP contribution is -2.46. The number of anilines is 1. The average molecular weight is 303 g/mol. The van der Waals surface area contributed by atoms with Crippen molar-refractivity contribution in [3.05, 3.63) is 35.5 Å². The number of carbonyl (C=O) groups excluding carboxylic acids is 1. The van der Waals surface area contributed by atoms with Gasteiger partial charge in [0.25, 0.3) is 0 Å². The zero-order valence-electron chi connectivity index (χ0n) is 13.9. The molecule has 5 nitrogen and oxygen atoms in total. The summed E-state index contributed by atoms with van der Waals surface area (Å²) in [5, 5.41) is 1.38. The number of carbonyl (C=O) groups is 1. The van der Waals surface area contributed by atoms with E-state index in [1.807, 2.05) is 13.0 Å². The zero-order valence-corrected chi connectivity index (χ0v) is 13.9. The Morgan fingerprint density at radius 1 is 1.18 bits per heavy atom. The van der Waals surface area contributed by atoms with E-state index < -0.39 is 0 Å². The quantitative estimate of drug-likeness (QED) is 0.838.